The lowest BCUT2D eigenvalue weighted by atomic mass is 10.1. The van der Waals surface area contributed by atoms with Gasteiger partial charge in [-0.25, -0.2) is 14.8 Å². The summed E-state index contributed by atoms with van der Waals surface area (Å²) >= 11 is 0. The molecule has 0 aliphatic rings. The first kappa shape index (κ1) is 17.9. The molecule has 3 N–H and O–H groups in total. The number of hydrogen-bond donors (Lipinski definition) is 3. The van der Waals surface area contributed by atoms with Crippen molar-refractivity contribution in [1.29, 1.82) is 5.26 Å². The van der Waals surface area contributed by atoms with Crippen LogP contribution in [0, 0.1) is 11.3 Å². The predicted molar refractivity (Wildman–Crippen MR) is 105 cm³/mol. The van der Waals surface area contributed by atoms with Crippen LogP contribution in [0.25, 0.3) is 22.3 Å². The number of aromatic amines is 1. The number of nitrogens with zero attached hydrogens (tertiary/aromatic N) is 3. The summed E-state index contributed by atoms with van der Waals surface area (Å²) in [5.74, 6) is -1.47. The Bertz CT molecular complexity index is 1300. The summed E-state index contributed by atoms with van der Waals surface area (Å²) in [4.78, 5) is 35.3. The average molecular weight is 383 g/mol. The van der Waals surface area contributed by atoms with Crippen LogP contribution < -0.4 is 5.32 Å². The Morgan fingerprint density at radius 1 is 1.03 bits per heavy atom. The van der Waals surface area contributed by atoms with Crippen LogP contribution in [0.1, 0.15) is 26.4 Å². The van der Waals surface area contributed by atoms with E-state index < -0.39 is 11.9 Å². The summed E-state index contributed by atoms with van der Waals surface area (Å²) in [6.07, 6.45) is 0. The molecular formula is C21H13N5O3. The summed E-state index contributed by atoms with van der Waals surface area (Å²) in [6.45, 7) is 0. The molecule has 8 heteroatoms. The van der Waals surface area contributed by atoms with Gasteiger partial charge in [0.15, 0.2) is 0 Å². The van der Waals surface area contributed by atoms with E-state index in [0.29, 0.717) is 27.9 Å². The van der Waals surface area contributed by atoms with Crippen molar-refractivity contribution in [2.45, 2.75) is 0 Å². The van der Waals surface area contributed by atoms with Crippen molar-refractivity contribution in [1.82, 2.24) is 15.0 Å². The fraction of sp³-hybridized carbons (Fsp3) is 0. The van der Waals surface area contributed by atoms with Gasteiger partial charge in [-0.3, -0.25) is 10.1 Å². The molecule has 0 unspecified atom stereocenters. The molecule has 0 saturated heterocycles. The first-order valence-corrected chi connectivity index (χ1v) is 8.56. The zero-order chi connectivity index (χ0) is 20.4. The zero-order valence-corrected chi connectivity index (χ0v) is 14.9. The topological polar surface area (TPSA) is 132 Å². The molecule has 0 atom stereocenters. The predicted octanol–water partition coefficient (Wildman–Crippen LogP) is 3.45. The highest BCUT2D eigenvalue weighted by molar-refractivity contribution is 6.05. The number of imidazole rings is 1. The highest BCUT2D eigenvalue weighted by Gasteiger charge is 2.15. The number of H-pyrrole nitrogens is 1. The summed E-state index contributed by atoms with van der Waals surface area (Å²) in [5.41, 5.74) is 2.73. The van der Waals surface area contributed by atoms with Gasteiger partial charge in [0.05, 0.1) is 33.9 Å². The number of hydrogen-bond acceptors (Lipinski definition) is 5. The number of carboxylic acid groups (broad SMARTS) is 1. The maximum atomic E-state index is 12.6. The molecule has 4 aromatic rings. The first-order valence-electron chi connectivity index (χ1n) is 8.56. The second kappa shape index (κ2) is 7.25. The van der Waals surface area contributed by atoms with Gasteiger partial charge >= 0.3 is 5.97 Å². The number of carboxylic acids is 1. The minimum absolute atomic E-state index is 0.0630. The van der Waals surface area contributed by atoms with Crippen LogP contribution in [0.3, 0.4) is 0 Å². The number of rotatable bonds is 4. The smallest absolute Gasteiger partial charge is 0.337 e. The van der Waals surface area contributed by atoms with Crippen LogP contribution in [0.4, 0.5) is 5.95 Å². The average Bonchev–Trinajstić information content (AvgIpc) is 3.16. The van der Waals surface area contributed by atoms with E-state index in [1.165, 1.54) is 6.07 Å². The number of anilines is 1. The Kier molecular flexibility index (Phi) is 4.47. The van der Waals surface area contributed by atoms with Crippen molar-refractivity contribution in [2.24, 2.45) is 0 Å². The molecule has 2 aromatic carbocycles. The summed E-state index contributed by atoms with van der Waals surface area (Å²) in [7, 11) is 0. The number of nitriles is 1. The number of carbonyl (C=O) groups excluding carboxylic acids is 1. The van der Waals surface area contributed by atoms with Gasteiger partial charge in [-0.05, 0) is 36.4 Å². The quantitative estimate of drug-likeness (QED) is 0.494. The Balaban J connectivity index is 1.62. The van der Waals surface area contributed by atoms with E-state index in [9.17, 15) is 14.7 Å². The molecule has 0 radical (unpaired) electrons. The van der Waals surface area contributed by atoms with Gasteiger partial charge in [0.1, 0.15) is 5.69 Å². The third kappa shape index (κ3) is 3.52. The fourth-order valence-electron chi connectivity index (χ4n) is 2.91. The van der Waals surface area contributed by atoms with Crippen LogP contribution in [-0.2, 0) is 0 Å². The van der Waals surface area contributed by atoms with Crippen molar-refractivity contribution in [3.05, 3.63) is 77.5 Å². The number of carbonyl (C=O) groups is 2. The fourth-order valence-corrected chi connectivity index (χ4v) is 2.91. The zero-order valence-electron chi connectivity index (χ0n) is 14.9. The number of pyridine rings is 1. The van der Waals surface area contributed by atoms with Crippen molar-refractivity contribution in [3.63, 3.8) is 0 Å². The molecule has 2 heterocycles. The highest BCUT2D eigenvalue weighted by atomic mass is 16.4. The van der Waals surface area contributed by atoms with E-state index in [1.54, 1.807) is 54.6 Å². The Morgan fingerprint density at radius 2 is 1.83 bits per heavy atom. The maximum absolute atomic E-state index is 12.6. The van der Waals surface area contributed by atoms with E-state index in [2.05, 4.69) is 26.3 Å². The van der Waals surface area contributed by atoms with E-state index in [-0.39, 0.29) is 17.2 Å². The maximum Gasteiger partial charge on any atom is 0.337 e. The van der Waals surface area contributed by atoms with Crippen LogP contribution in [-0.4, -0.2) is 31.9 Å². The summed E-state index contributed by atoms with van der Waals surface area (Å²) in [5, 5.41) is 20.9. The standard InChI is InChI=1S/C21H13N5O3/c22-11-12-4-1-5-13(10-12)15-7-3-9-17(23-15)19(27)26-21-24-16-8-2-6-14(20(28)29)18(16)25-21/h1-10H,(H,28,29)(H2,24,25,26,27). The van der Waals surface area contributed by atoms with Crippen LogP contribution in [0.2, 0.25) is 0 Å². The van der Waals surface area contributed by atoms with Gasteiger partial charge in [-0.2, -0.15) is 5.26 Å². The molecule has 0 fully saturated rings. The van der Waals surface area contributed by atoms with Crippen molar-refractivity contribution in [2.75, 3.05) is 5.32 Å². The van der Waals surface area contributed by atoms with Crippen molar-refractivity contribution in [3.8, 4) is 17.3 Å². The van der Waals surface area contributed by atoms with Gasteiger partial charge < -0.3 is 10.1 Å². The summed E-state index contributed by atoms with van der Waals surface area (Å²) < 4.78 is 0. The van der Waals surface area contributed by atoms with Gasteiger partial charge in [0, 0.05) is 5.56 Å². The lowest BCUT2D eigenvalue weighted by Gasteiger charge is -2.05. The molecule has 8 nitrogen and oxygen atoms in total. The van der Waals surface area contributed by atoms with Gasteiger partial charge in [-0.15, -0.1) is 0 Å². The molecule has 0 saturated carbocycles. The van der Waals surface area contributed by atoms with Gasteiger partial charge in [-0.1, -0.05) is 24.3 Å². The Morgan fingerprint density at radius 3 is 2.62 bits per heavy atom. The van der Waals surface area contributed by atoms with Crippen LogP contribution in [0.15, 0.2) is 60.7 Å². The normalized spacial score (nSPS) is 10.4. The number of amides is 1. The van der Waals surface area contributed by atoms with Crippen molar-refractivity contribution >= 4 is 28.9 Å². The monoisotopic (exact) mass is 383 g/mol. The number of nitrogens with one attached hydrogen (secondary N) is 2. The number of aromatic nitrogens is 3. The minimum atomic E-state index is -1.09. The Hall–Kier alpha value is -4.51. The molecule has 0 spiro atoms. The molecular weight excluding hydrogens is 370 g/mol. The number of fused-ring (bicyclic) bond motifs is 1. The van der Waals surface area contributed by atoms with Crippen LogP contribution >= 0.6 is 0 Å². The molecule has 140 valence electrons. The summed E-state index contributed by atoms with van der Waals surface area (Å²) in [6, 6.07) is 18.7. The molecule has 0 aliphatic carbocycles. The minimum Gasteiger partial charge on any atom is -0.478 e. The molecule has 4 rings (SSSR count). The van der Waals surface area contributed by atoms with E-state index >= 15 is 0 Å². The largest absolute Gasteiger partial charge is 0.478 e. The molecule has 1 amide bonds. The van der Waals surface area contributed by atoms with Crippen molar-refractivity contribution < 1.29 is 14.7 Å². The second-order valence-corrected chi connectivity index (χ2v) is 6.15. The third-order valence-corrected chi connectivity index (χ3v) is 4.25. The molecule has 2 aromatic heterocycles. The first-order chi connectivity index (χ1) is 14.0. The Labute approximate surface area is 164 Å². The third-order valence-electron chi connectivity index (χ3n) is 4.25. The molecule has 29 heavy (non-hydrogen) atoms. The lowest BCUT2D eigenvalue weighted by molar-refractivity contribution is 0.0698. The van der Waals surface area contributed by atoms with E-state index in [1.807, 2.05) is 0 Å². The lowest BCUT2D eigenvalue weighted by Crippen LogP contribution is -2.14. The van der Waals surface area contributed by atoms with Gasteiger partial charge in [0.2, 0.25) is 5.95 Å². The molecule has 0 aliphatic heterocycles. The van der Waals surface area contributed by atoms with E-state index in [4.69, 9.17) is 5.26 Å². The molecule has 0 bridgehead atoms. The number of aromatic carboxylic acids is 1. The highest BCUT2D eigenvalue weighted by Crippen LogP contribution is 2.21. The number of benzene rings is 2. The second-order valence-electron chi connectivity index (χ2n) is 6.15. The number of para-hydroxylation sites is 1. The SMILES string of the molecule is N#Cc1cccc(-c2cccc(C(=O)Nc3nc4cccc(C(=O)O)c4[nH]3)n2)c1. The van der Waals surface area contributed by atoms with E-state index in [0.717, 1.165) is 0 Å². The van der Waals surface area contributed by atoms with Crippen LogP contribution in [0.5, 0.6) is 0 Å². The van der Waals surface area contributed by atoms with Gasteiger partial charge in [0.25, 0.3) is 5.91 Å².